The Morgan fingerprint density at radius 2 is 2.28 bits per heavy atom. The van der Waals surface area contributed by atoms with Gasteiger partial charge in [0.15, 0.2) is 5.82 Å². The largest absolute Gasteiger partial charge is 0.312 e. The second-order valence-corrected chi connectivity index (χ2v) is 4.91. The van der Waals surface area contributed by atoms with E-state index in [0.717, 1.165) is 23.3 Å². The summed E-state index contributed by atoms with van der Waals surface area (Å²) < 4.78 is 15.9. The Labute approximate surface area is 113 Å². The number of benzene rings is 1. The van der Waals surface area contributed by atoms with Gasteiger partial charge in [-0.15, -0.1) is 0 Å². The van der Waals surface area contributed by atoms with Gasteiger partial charge in [-0.05, 0) is 12.1 Å². The maximum absolute atomic E-state index is 13.5. The third-order valence-corrected chi connectivity index (χ3v) is 3.00. The molecule has 0 radical (unpaired) electrons. The van der Waals surface area contributed by atoms with Gasteiger partial charge in [-0.25, -0.2) is 9.37 Å². The summed E-state index contributed by atoms with van der Waals surface area (Å²) >= 11 is 3.23. The van der Waals surface area contributed by atoms with Crippen molar-refractivity contribution in [2.45, 2.75) is 13.0 Å². The van der Waals surface area contributed by atoms with E-state index < -0.39 is 0 Å². The van der Waals surface area contributed by atoms with Crippen LogP contribution < -0.4 is 5.32 Å². The molecule has 0 saturated carbocycles. The highest BCUT2D eigenvalue weighted by atomic mass is 79.9. The minimum Gasteiger partial charge on any atom is -0.312 e. The van der Waals surface area contributed by atoms with Gasteiger partial charge in [0.25, 0.3) is 0 Å². The van der Waals surface area contributed by atoms with Crippen LogP contribution in [0.15, 0.2) is 29.0 Å². The Hall–Kier alpha value is -1.27. The van der Waals surface area contributed by atoms with Gasteiger partial charge in [0, 0.05) is 36.6 Å². The second kappa shape index (κ2) is 6.06. The predicted octanol–water partition coefficient (Wildman–Crippen LogP) is 2.05. The van der Waals surface area contributed by atoms with Crippen molar-refractivity contribution < 1.29 is 4.39 Å². The molecule has 1 aromatic heterocycles. The molecule has 0 atom stereocenters. The number of nitrogens with zero attached hydrogens (tertiary/aromatic N) is 3. The van der Waals surface area contributed by atoms with Crippen LogP contribution in [0, 0.1) is 5.82 Å². The molecule has 0 unspecified atom stereocenters. The lowest BCUT2D eigenvalue weighted by Crippen LogP contribution is -2.18. The molecular formula is C12H14BrFN4. The lowest BCUT2D eigenvalue weighted by Gasteiger charge is -2.05. The number of halogens is 2. The average Bonchev–Trinajstić information content (AvgIpc) is 2.73. The van der Waals surface area contributed by atoms with Crippen molar-refractivity contribution in [3.63, 3.8) is 0 Å². The van der Waals surface area contributed by atoms with Crippen LogP contribution in [0.1, 0.15) is 11.4 Å². The third-order valence-electron chi connectivity index (χ3n) is 2.50. The lowest BCUT2D eigenvalue weighted by atomic mass is 10.2. The van der Waals surface area contributed by atoms with Crippen LogP contribution >= 0.6 is 15.9 Å². The first-order valence-electron chi connectivity index (χ1n) is 5.64. The van der Waals surface area contributed by atoms with Crippen LogP contribution in [0.25, 0.3) is 0 Å². The number of nitrogens with one attached hydrogen (secondary N) is 1. The van der Waals surface area contributed by atoms with Crippen molar-refractivity contribution in [1.82, 2.24) is 20.1 Å². The summed E-state index contributed by atoms with van der Waals surface area (Å²) in [5.41, 5.74) is 0.659. The fourth-order valence-corrected chi connectivity index (χ4v) is 1.92. The first kappa shape index (κ1) is 13.2. The minimum atomic E-state index is -0.201. The number of aromatic nitrogens is 3. The molecule has 2 rings (SSSR count). The molecule has 1 heterocycles. The molecule has 0 spiro atoms. The van der Waals surface area contributed by atoms with Crippen molar-refractivity contribution >= 4 is 15.9 Å². The number of rotatable bonds is 5. The zero-order valence-corrected chi connectivity index (χ0v) is 11.6. The normalized spacial score (nSPS) is 10.8. The Bertz CT molecular complexity index is 527. The summed E-state index contributed by atoms with van der Waals surface area (Å²) in [7, 11) is 1.83. The van der Waals surface area contributed by atoms with Crippen molar-refractivity contribution in [2.75, 3.05) is 6.54 Å². The second-order valence-electron chi connectivity index (χ2n) is 4.00. The highest BCUT2D eigenvalue weighted by Gasteiger charge is 2.03. The fraction of sp³-hybridized carbons (Fsp3) is 0.333. The highest BCUT2D eigenvalue weighted by Crippen LogP contribution is 2.14. The molecule has 0 bridgehead atoms. The van der Waals surface area contributed by atoms with Crippen LogP contribution in [-0.2, 0) is 20.0 Å². The van der Waals surface area contributed by atoms with Gasteiger partial charge >= 0.3 is 0 Å². The van der Waals surface area contributed by atoms with Gasteiger partial charge in [-0.2, -0.15) is 5.10 Å². The molecule has 0 aliphatic heterocycles. The minimum absolute atomic E-state index is 0.201. The monoisotopic (exact) mass is 312 g/mol. The summed E-state index contributed by atoms with van der Waals surface area (Å²) in [6.45, 7) is 1.23. The number of hydrogen-bond acceptors (Lipinski definition) is 3. The quantitative estimate of drug-likeness (QED) is 0.859. The Kier molecular flexibility index (Phi) is 4.43. The summed E-state index contributed by atoms with van der Waals surface area (Å²) in [6, 6.07) is 5.07. The first-order chi connectivity index (χ1) is 8.65. The van der Waals surface area contributed by atoms with Gasteiger partial charge in [-0.3, -0.25) is 4.68 Å². The van der Waals surface area contributed by atoms with Crippen molar-refractivity contribution in [3.05, 3.63) is 46.2 Å². The van der Waals surface area contributed by atoms with Crippen LogP contribution in [-0.4, -0.2) is 21.3 Å². The zero-order valence-electron chi connectivity index (χ0n) is 10.0. The summed E-state index contributed by atoms with van der Waals surface area (Å²) in [6.07, 6.45) is 2.41. The first-order valence-corrected chi connectivity index (χ1v) is 6.43. The number of hydrogen-bond donors (Lipinski definition) is 1. The topological polar surface area (TPSA) is 42.7 Å². The van der Waals surface area contributed by atoms with Crippen LogP contribution in [0.2, 0.25) is 0 Å². The third kappa shape index (κ3) is 3.61. The van der Waals surface area contributed by atoms with Gasteiger partial charge in [0.05, 0.1) is 0 Å². The molecule has 6 heteroatoms. The van der Waals surface area contributed by atoms with Crippen LogP contribution in [0.3, 0.4) is 0 Å². The molecule has 96 valence electrons. The van der Waals surface area contributed by atoms with Crippen LogP contribution in [0.4, 0.5) is 4.39 Å². The Morgan fingerprint density at radius 3 is 2.94 bits per heavy atom. The molecule has 18 heavy (non-hydrogen) atoms. The molecule has 1 N–H and O–H groups in total. The zero-order chi connectivity index (χ0) is 13.0. The lowest BCUT2D eigenvalue weighted by molar-refractivity contribution is 0.585. The molecule has 0 saturated heterocycles. The van der Waals surface area contributed by atoms with Crippen LogP contribution in [0.5, 0.6) is 0 Å². The van der Waals surface area contributed by atoms with Gasteiger partial charge in [-0.1, -0.05) is 22.0 Å². The highest BCUT2D eigenvalue weighted by molar-refractivity contribution is 9.10. The maximum atomic E-state index is 13.5. The molecule has 0 fully saturated rings. The molecule has 2 aromatic rings. The van der Waals surface area contributed by atoms with E-state index in [1.807, 2.05) is 13.1 Å². The van der Waals surface area contributed by atoms with E-state index in [2.05, 4.69) is 31.3 Å². The molecular weight excluding hydrogens is 299 g/mol. The molecule has 0 amide bonds. The van der Waals surface area contributed by atoms with Gasteiger partial charge < -0.3 is 5.32 Å². The molecule has 1 aromatic carbocycles. The molecule has 0 aliphatic carbocycles. The van der Waals surface area contributed by atoms with E-state index >= 15 is 0 Å². The molecule has 0 aliphatic rings. The number of aryl methyl sites for hydroxylation is 1. The van der Waals surface area contributed by atoms with E-state index in [1.54, 1.807) is 17.1 Å². The standard InChI is InChI=1S/C12H14BrFN4/c1-18-8-16-12(17-18)4-5-15-7-9-2-3-10(13)6-11(9)14/h2-3,6,8,15H,4-5,7H2,1H3. The smallest absolute Gasteiger partial charge is 0.151 e. The SMILES string of the molecule is Cn1cnc(CCNCc2ccc(Br)cc2F)n1. The predicted molar refractivity (Wildman–Crippen MR) is 70.5 cm³/mol. The Morgan fingerprint density at radius 1 is 1.44 bits per heavy atom. The van der Waals surface area contributed by atoms with Gasteiger partial charge in [0.1, 0.15) is 12.1 Å². The van der Waals surface area contributed by atoms with E-state index in [-0.39, 0.29) is 5.82 Å². The summed E-state index contributed by atoms with van der Waals surface area (Å²) in [5, 5.41) is 7.34. The van der Waals surface area contributed by atoms with Crippen molar-refractivity contribution in [3.8, 4) is 0 Å². The fourth-order valence-electron chi connectivity index (χ4n) is 1.59. The van der Waals surface area contributed by atoms with E-state index in [4.69, 9.17) is 0 Å². The average molecular weight is 313 g/mol. The maximum Gasteiger partial charge on any atom is 0.151 e. The van der Waals surface area contributed by atoms with E-state index in [0.29, 0.717) is 12.1 Å². The van der Waals surface area contributed by atoms with Crippen molar-refractivity contribution in [1.29, 1.82) is 0 Å². The van der Waals surface area contributed by atoms with Gasteiger partial charge in [0.2, 0.25) is 0 Å². The summed E-state index contributed by atoms with van der Waals surface area (Å²) in [5.74, 6) is 0.592. The van der Waals surface area contributed by atoms with E-state index in [1.165, 1.54) is 6.07 Å². The summed E-state index contributed by atoms with van der Waals surface area (Å²) in [4.78, 5) is 4.12. The molecule has 4 nitrogen and oxygen atoms in total. The Balaban J connectivity index is 1.78. The van der Waals surface area contributed by atoms with Crippen molar-refractivity contribution in [2.24, 2.45) is 7.05 Å². The van der Waals surface area contributed by atoms with E-state index in [9.17, 15) is 4.39 Å².